The number of rotatable bonds is 2. The van der Waals surface area contributed by atoms with E-state index < -0.39 is 0 Å². The van der Waals surface area contributed by atoms with Crippen molar-refractivity contribution in [2.45, 2.75) is 51.5 Å². The Balaban J connectivity index is 1.33. The third kappa shape index (κ3) is 4.47. The Morgan fingerprint density at radius 3 is 2.62 bits per heavy atom. The predicted molar refractivity (Wildman–Crippen MR) is 114 cm³/mol. The van der Waals surface area contributed by atoms with E-state index >= 15 is 0 Å². The molecule has 1 aromatic carbocycles. The van der Waals surface area contributed by atoms with Crippen molar-refractivity contribution in [3.63, 3.8) is 0 Å². The molecule has 1 aromatic rings. The van der Waals surface area contributed by atoms with Crippen LogP contribution in [0.15, 0.2) is 18.2 Å². The van der Waals surface area contributed by atoms with Crippen molar-refractivity contribution in [3.8, 4) is 5.75 Å². The lowest BCUT2D eigenvalue weighted by atomic mass is 9.85. The van der Waals surface area contributed by atoms with Crippen molar-refractivity contribution in [1.29, 1.82) is 0 Å². The molecule has 1 aliphatic carbocycles. The Labute approximate surface area is 177 Å². The van der Waals surface area contributed by atoms with Gasteiger partial charge in [-0.25, -0.2) is 4.79 Å². The van der Waals surface area contributed by atoms with Crippen LogP contribution in [0.3, 0.4) is 0 Å². The Kier molecular flexibility index (Phi) is 6.18. The number of carbonyl (C=O) groups is 2. The van der Waals surface area contributed by atoms with Gasteiger partial charge in [0.1, 0.15) is 12.4 Å². The Morgan fingerprint density at radius 1 is 1.10 bits per heavy atom. The third-order valence-corrected chi connectivity index (χ3v) is 6.83. The molecule has 3 aliphatic rings. The molecule has 2 fully saturated rings. The van der Waals surface area contributed by atoms with Gasteiger partial charge in [0.15, 0.2) is 0 Å². The summed E-state index contributed by atoms with van der Waals surface area (Å²) in [5.41, 5.74) is 0.722. The molecule has 3 amide bonds. The fourth-order valence-electron chi connectivity index (χ4n) is 4.72. The summed E-state index contributed by atoms with van der Waals surface area (Å²) in [6, 6.07) is 5.63. The van der Waals surface area contributed by atoms with Gasteiger partial charge >= 0.3 is 6.03 Å². The van der Waals surface area contributed by atoms with E-state index in [-0.39, 0.29) is 17.9 Å². The van der Waals surface area contributed by atoms with Gasteiger partial charge in [-0.1, -0.05) is 31.4 Å². The lowest BCUT2D eigenvalue weighted by molar-refractivity contribution is -0.127. The van der Waals surface area contributed by atoms with Crippen molar-refractivity contribution >= 4 is 29.2 Å². The molecule has 2 atom stereocenters. The number of hydrogen-bond acceptors (Lipinski definition) is 3. The van der Waals surface area contributed by atoms with Gasteiger partial charge in [-0.05, 0) is 49.8 Å². The van der Waals surface area contributed by atoms with Gasteiger partial charge in [0, 0.05) is 30.1 Å². The number of fused-ring (bicyclic) bond motifs is 1. The highest BCUT2D eigenvalue weighted by Crippen LogP contribution is 2.35. The molecule has 0 aromatic heterocycles. The maximum atomic E-state index is 13.1. The highest BCUT2D eigenvalue weighted by molar-refractivity contribution is 6.31. The Hall–Kier alpha value is -1.95. The molecular formula is C22H30ClN3O3. The van der Waals surface area contributed by atoms with Crippen molar-refractivity contribution in [2.24, 2.45) is 11.8 Å². The Bertz CT molecular complexity index is 764. The second-order valence-electron chi connectivity index (χ2n) is 8.53. The van der Waals surface area contributed by atoms with E-state index in [9.17, 15) is 9.59 Å². The zero-order valence-corrected chi connectivity index (χ0v) is 17.8. The molecular weight excluding hydrogens is 390 g/mol. The minimum absolute atomic E-state index is 0.000374. The first kappa shape index (κ1) is 20.3. The van der Waals surface area contributed by atoms with Crippen molar-refractivity contribution in [2.75, 3.05) is 31.1 Å². The van der Waals surface area contributed by atoms with E-state index in [1.807, 2.05) is 4.90 Å². The van der Waals surface area contributed by atoms with Crippen molar-refractivity contribution in [1.82, 2.24) is 10.2 Å². The summed E-state index contributed by atoms with van der Waals surface area (Å²) in [5.74, 6) is 1.41. The zero-order chi connectivity index (χ0) is 20.4. The van der Waals surface area contributed by atoms with Crippen LogP contribution < -0.4 is 15.0 Å². The molecule has 7 heteroatoms. The molecule has 158 valence electrons. The van der Waals surface area contributed by atoms with E-state index in [2.05, 4.69) is 12.2 Å². The molecule has 1 N–H and O–H groups in total. The number of anilines is 1. The lowest BCUT2D eigenvalue weighted by Crippen LogP contribution is -2.51. The van der Waals surface area contributed by atoms with Crippen LogP contribution >= 0.6 is 11.6 Å². The van der Waals surface area contributed by atoms with Crippen LogP contribution in [-0.2, 0) is 4.79 Å². The van der Waals surface area contributed by atoms with Gasteiger partial charge in [-0.15, -0.1) is 0 Å². The number of halogens is 1. The van der Waals surface area contributed by atoms with Gasteiger partial charge < -0.3 is 15.0 Å². The quantitative estimate of drug-likeness (QED) is 0.786. The maximum absolute atomic E-state index is 13.1. The van der Waals surface area contributed by atoms with Gasteiger partial charge in [0.05, 0.1) is 12.2 Å². The molecule has 0 spiro atoms. The average Bonchev–Trinajstić information content (AvgIpc) is 2.74. The minimum Gasteiger partial charge on any atom is -0.490 e. The van der Waals surface area contributed by atoms with Crippen LogP contribution in [0, 0.1) is 11.8 Å². The van der Waals surface area contributed by atoms with Crippen LogP contribution in [0.2, 0.25) is 5.02 Å². The first-order chi connectivity index (χ1) is 14.0. The number of benzene rings is 1. The maximum Gasteiger partial charge on any atom is 0.324 e. The van der Waals surface area contributed by atoms with Crippen LogP contribution in [-0.4, -0.2) is 49.1 Å². The normalized spacial score (nSPS) is 25.2. The molecule has 29 heavy (non-hydrogen) atoms. The largest absolute Gasteiger partial charge is 0.490 e. The van der Waals surface area contributed by atoms with Gasteiger partial charge in [0.25, 0.3) is 0 Å². The van der Waals surface area contributed by atoms with E-state index in [0.29, 0.717) is 61.8 Å². The van der Waals surface area contributed by atoms with Gasteiger partial charge in [-0.2, -0.15) is 0 Å². The van der Waals surface area contributed by atoms with Crippen LogP contribution in [0.4, 0.5) is 10.5 Å². The number of nitrogens with one attached hydrogen (secondary N) is 1. The molecule has 4 rings (SSSR count). The summed E-state index contributed by atoms with van der Waals surface area (Å²) in [4.78, 5) is 29.4. The SMILES string of the molecule is C[C@@H]1CCCC[C@H]1NC(=O)C1CCN(C(=O)N2CCOc3ccc(Cl)cc32)CC1. The van der Waals surface area contributed by atoms with E-state index in [0.717, 1.165) is 12.1 Å². The number of piperidine rings is 1. The number of urea groups is 1. The summed E-state index contributed by atoms with van der Waals surface area (Å²) >= 11 is 6.13. The smallest absolute Gasteiger partial charge is 0.324 e. The lowest BCUT2D eigenvalue weighted by Gasteiger charge is -2.38. The molecule has 0 radical (unpaired) electrons. The standard InChI is InChI=1S/C22H30ClN3O3/c1-15-4-2-3-5-18(15)24-21(27)16-8-10-25(11-9-16)22(28)26-12-13-29-20-7-6-17(23)14-19(20)26/h6-7,14-16,18H,2-5,8-13H2,1H3,(H,24,27)/t15-,18-/m1/s1. The molecule has 6 nitrogen and oxygen atoms in total. The van der Waals surface area contributed by atoms with E-state index in [1.165, 1.54) is 19.3 Å². The summed E-state index contributed by atoms with van der Waals surface area (Å²) in [7, 11) is 0. The second-order valence-corrected chi connectivity index (χ2v) is 8.97. The molecule has 2 aliphatic heterocycles. The van der Waals surface area contributed by atoms with Crippen molar-refractivity contribution in [3.05, 3.63) is 23.2 Å². The number of ether oxygens (including phenoxy) is 1. The average molecular weight is 420 g/mol. The molecule has 0 bridgehead atoms. The number of hydrogen-bond donors (Lipinski definition) is 1. The van der Waals surface area contributed by atoms with E-state index in [4.69, 9.17) is 16.3 Å². The topological polar surface area (TPSA) is 61.9 Å². The fourth-order valence-corrected chi connectivity index (χ4v) is 4.89. The molecule has 0 unspecified atom stereocenters. The van der Waals surface area contributed by atoms with Crippen molar-refractivity contribution < 1.29 is 14.3 Å². The van der Waals surface area contributed by atoms with Crippen LogP contribution in [0.5, 0.6) is 5.75 Å². The Morgan fingerprint density at radius 2 is 1.86 bits per heavy atom. The summed E-state index contributed by atoms with van der Waals surface area (Å²) in [6.07, 6.45) is 6.18. The minimum atomic E-state index is -0.0309. The summed E-state index contributed by atoms with van der Waals surface area (Å²) in [6.45, 7) is 4.41. The van der Waals surface area contributed by atoms with Gasteiger partial charge in [-0.3, -0.25) is 9.69 Å². The molecule has 1 saturated heterocycles. The number of carbonyl (C=O) groups excluding carboxylic acids is 2. The van der Waals surface area contributed by atoms with Crippen LogP contribution in [0.25, 0.3) is 0 Å². The number of likely N-dealkylation sites (tertiary alicyclic amines) is 1. The first-order valence-corrected chi connectivity index (χ1v) is 11.2. The molecule has 2 heterocycles. The molecule has 1 saturated carbocycles. The number of amides is 3. The summed E-state index contributed by atoms with van der Waals surface area (Å²) < 4.78 is 5.65. The monoisotopic (exact) mass is 419 g/mol. The third-order valence-electron chi connectivity index (χ3n) is 6.59. The zero-order valence-electron chi connectivity index (χ0n) is 17.0. The number of nitrogens with zero attached hydrogens (tertiary/aromatic N) is 2. The fraction of sp³-hybridized carbons (Fsp3) is 0.636. The first-order valence-electron chi connectivity index (χ1n) is 10.8. The van der Waals surface area contributed by atoms with Gasteiger partial charge in [0.2, 0.25) is 5.91 Å². The predicted octanol–water partition coefficient (Wildman–Crippen LogP) is 4.07. The highest BCUT2D eigenvalue weighted by Gasteiger charge is 2.33. The summed E-state index contributed by atoms with van der Waals surface area (Å²) in [5, 5.41) is 3.86. The second kappa shape index (κ2) is 8.82. The highest BCUT2D eigenvalue weighted by atomic mass is 35.5. The van der Waals surface area contributed by atoms with E-state index in [1.54, 1.807) is 23.1 Å². The van der Waals surface area contributed by atoms with Crippen LogP contribution in [0.1, 0.15) is 45.4 Å².